The van der Waals surface area contributed by atoms with Crippen LogP contribution in [0, 0.1) is 13.8 Å². The van der Waals surface area contributed by atoms with E-state index in [2.05, 4.69) is 5.32 Å². The molecule has 0 aromatic heterocycles. The molecule has 0 radical (unpaired) electrons. The van der Waals surface area contributed by atoms with Crippen LogP contribution in [-0.4, -0.2) is 12.0 Å². The number of amides is 1. The number of ether oxygens (including phenoxy) is 1. The van der Waals surface area contributed by atoms with E-state index in [9.17, 15) is 4.79 Å². The normalized spacial score (nSPS) is 11.9. The zero-order valence-corrected chi connectivity index (χ0v) is 14.1. The van der Waals surface area contributed by atoms with Crippen molar-refractivity contribution in [3.05, 3.63) is 57.6 Å². The number of aryl methyl sites for hydroxylation is 2. The third kappa shape index (κ3) is 4.15. The molecule has 0 spiro atoms. The van der Waals surface area contributed by atoms with Crippen molar-refractivity contribution in [2.45, 2.75) is 26.9 Å². The van der Waals surface area contributed by atoms with Gasteiger partial charge >= 0.3 is 0 Å². The van der Waals surface area contributed by atoms with Gasteiger partial charge in [-0.2, -0.15) is 0 Å². The monoisotopic (exact) mass is 337 g/mol. The third-order valence-electron chi connectivity index (χ3n) is 3.34. The molecule has 0 aliphatic heterocycles. The van der Waals surface area contributed by atoms with Crippen LogP contribution in [0.25, 0.3) is 0 Å². The van der Waals surface area contributed by atoms with Gasteiger partial charge in [0, 0.05) is 10.7 Å². The second kappa shape index (κ2) is 7.03. The van der Waals surface area contributed by atoms with Crippen molar-refractivity contribution in [2.75, 3.05) is 5.32 Å². The Morgan fingerprint density at radius 3 is 2.45 bits per heavy atom. The van der Waals surface area contributed by atoms with E-state index in [4.69, 9.17) is 27.9 Å². The summed E-state index contributed by atoms with van der Waals surface area (Å²) in [5.74, 6) is 0.183. The van der Waals surface area contributed by atoms with Gasteiger partial charge in [0.05, 0.1) is 5.02 Å². The van der Waals surface area contributed by atoms with Gasteiger partial charge in [-0.3, -0.25) is 4.79 Å². The van der Waals surface area contributed by atoms with Gasteiger partial charge in [-0.15, -0.1) is 0 Å². The lowest BCUT2D eigenvalue weighted by Crippen LogP contribution is -2.30. The molecule has 116 valence electrons. The maximum Gasteiger partial charge on any atom is 0.265 e. The number of carbonyl (C=O) groups is 1. The first-order chi connectivity index (χ1) is 10.4. The van der Waals surface area contributed by atoms with Crippen molar-refractivity contribution in [1.29, 1.82) is 0 Å². The van der Waals surface area contributed by atoms with Crippen LogP contribution in [-0.2, 0) is 4.79 Å². The van der Waals surface area contributed by atoms with Gasteiger partial charge in [0.15, 0.2) is 6.10 Å². The van der Waals surface area contributed by atoms with E-state index in [1.165, 1.54) is 5.56 Å². The number of hydrogen-bond donors (Lipinski definition) is 1. The molecule has 0 saturated carbocycles. The van der Waals surface area contributed by atoms with Gasteiger partial charge in [-0.05, 0) is 62.2 Å². The number of halogens is 2. The maximum atomic E-state index is 12.2. The molecule has 2 rings (SSSR count). The van der Waals surface area contributed by atoms with Crippen LogP contribution in [0.2, 0.25) is 10.0 Å². The van der Waals surface area contributed by atoms with E-state index in [-0.39, 0.29) is 5.91 Å². The fraction of sp³-hybridized carbons (Fsp3) is 0.235. The number of carbonyl (C=O) groups excluding carboxylic acids is 1. The highest BCUT2D eigenvalue weighted by molar-refractivity contribution is 6.35. The van der Waals surface area contributed by atoms with E-state index < -0.39 is 6.10 Å². The summed E-state index contributed by atoms with van der Waals surface area (Å²) in [4.78, 5) is 12.2. The first-order valence-electron chi connectivity index (χ1n) is 6.86. The van der Waals surface area contributed by atoms with E-state index in [1.54, 1.807) is 25.1 Å². The molecular formula is C17H17Cl2NO2. The number of rotatable bonds is 4. The van der Waals surface area contributed by atoms with Gasteiger partial charge in [0.2, 0.25) is 0 Å². The summed E-state index contributed by atoms with van der Waals surface area (Å²) >= 11 is 11.9. The first-order valence-corrected chi connectivity index (χ1v) is 7.62. The van der Waals surface area contributed by atoms with Crippen molar-refractivity contribution in [1.82, 2.24) is 0 Å². The van der Waals surface area contributed by atoms with Gasteiger partial charge in [0.25, 0.3) is 5.91 Å². The number of hydrogen-bond acceptors (Lipinski definition) is 2. The minimum atomic E-state index is -0.680. The Morgan fingerprint density at radius 2 is 1.82 bits per heavy atom. The Hall–Kier alpha value is -1.71. The fourth-order valence-electron chi connectivity index (χ4n) is 1.88. The predicted molar refractivity (Wildman–Crippen MR) is 91.1 cm³/mol. The average Bonchev–Trinajstić information content (AvgIpc) is 2.45. The van der Waals surface area contributed by atoms with Crippen LogP contribution in [0.3, 0.4) is 0 Å². The van der Waals surface area contributed by atoms with Crippen molar-refractivity contribution in [3.8, 4) is 5.75 Å². The van der Waals surface area contributed by atoms with Crippen molar-refractivity contribution < 1.29 is 9.53 Å². The molecule has 3 nitrogen and oxygen atoms in total. The summed E-state index contributed by atoms with van der Waals surface area (Å²) in [6.45, 7) is 5.69. The van der Waals surface area contributed by atoms with Gasteiger partial charge in [-0.25, -0.2) is 0 Å². The van der Waals surface area contributed by atoms with Crippen molar-refractivity contribution >= 4 is 34.8 Å². The van der Waals surface area contributed by atoms with Crippen LogP contribution in [0.4, 0.5) is 5.69 Å². The SMILES string of the molecule is Cc1ccc(NC(=O)C(C)Oc2ccc(Cl)cc2Cl)cc1C. The summed E-state index contributed by atoms with van der Waals surface area (Å²) in [6.07, 6.45) is -0.680. The van der Waals surface area contributed by atoms with E-state index in [1.807, 2.05) is 32.0 Å². The molecule has 1 atom stereocenters. The number of nitrogens with one attached hydrogen (secondary N) is 1. The highest BCUT2D eigenvalue weighted by Gasteiger charge is 2.16. The molecule has 0 bridgehead atoms. The first kappa shape index (κ1) is 16.7. The van der Waals surface area contributed by atoms with Crippen LogP contribution in [0.15, 0.2) is 36.4 Å². The Balaban J connectivity index is 2.04. The molecule has 1 unspecified atom stereocenters. The quantitative estimate of drug-likeness (QED) is 0.850. The maximum absolute atomic E-state index is 12.2. The minimum absolute atomic E-state index is 0.241. The Morgan fingerprint density at radius 1 is 1.09 bits per heavy atom. The van der Waals surface area contributed by atoms with Crippen LogP contribution < -0.4 is 10.1 Å². The fourth-order valence-corrected chi connectivity index (χ4v) is 2.33. The van der Waals surface area contributed by atoms with Gasteiger partial charge < -0.3 is 10.1 Å². The molecule has 2 aromatic carbocycles. The van der Waals surface area contributed by atoms with Gasteiger partial charge in [0.1, 0.15) is 5.75 Å². The zero-order valence-electron chi connectivity index (χ0n) is 12.6. The summed E-state index contributed by atoms with van der Waals surface area (Å²) in [5, 5.41) is 3.72. The Kier molecular flexibility index (Phi) is 5.33. The molecule has 0 fully saturated rings. The highest BCUT2D eigenvalue weighted by Crippen LogP contribution is 2.28. The topological polar surface area (TPSA) is 38.3 Å². The molecule has 0 saturated heterocycles. The Bertz CT molecular complexity index is 701. The van der Waals surface area contributed by atoms with Crippen LogP contribution in [0.1, 0.15) is 18.1 Å². The zero-order chi connectivity index (χ0) is 16.3. The van der Waals surface area contributed by atoms with Gasteiger partial charge in [-0.1, -0.05) is 29.3 Å². The second-order valence-corrected chi connectivity index (χ2v) is 5.97. The van der Waals surface area contributed by atoms with Crippen LogP contribution >= 0.6 is 23.2 Å². The molecule has 0 aliphatic carbocycles. The standard InChI is InChI=1S/C17H17Cl2NO2/c1-10-4-6-14(8-11(10)2)20-17(21)12(3)22-16-7-5-13(18)9-15(16)19/h4-9,12H,1-3H3,(H,20,21). The lowest BCUT2D eigenvalue weighted by molar-refractivity contribution is -0.122. The summed E-state index contributed by atoms with van der Waals surface area (Å²) in [6, 6.07) is 10.6. The average molecular weight is 338 g/mol. The highest BCUT2D eigenvalue weighted by atomic mass is 35.5. The molecule has 0 aliphatic rings. The molecular weight excluding hydrogens is 321 g/mol. The van der Waals surface area contributed by atoms with E-state index in [0.717, 1.165) is 11.3 Å². The van der Waals surface area contributed by atoms with Crippen LogP contribution in [0.5, 0.6) is 5.75 Å². The number of benzene rings is 2. The smallest absolute Gasteiger partial charge is 0.265 e. The lowest BCUT2D eigenvalue weighted by atomic mass is 10.1. The molecule has 1 N–H and O–H groups in total. The van der Waals surface area contributed by atoms with Crippen molar-refractivity contribution in [2.24, 2.45) is 0 Å². The molecule has 2 aromatic rings. The molecule has 1 amide bonds. The Labute approximate surface area is 140 Å². The molecule has 22 heavy (non-hydrogen) atoms. The van der Waals surface area contributed by atoms with E-state index in [0.29, 0.717) is 15.8 Å². The predicted octanol–water partition coefficient (Wildman–Crippen LogP) is 5.02. The second-order valence-electron chi connectivity index (χ2n) is 5.12. The molecule has 5 heteroatoms. The third-order valence-corrected chi connectivity index (χ3v) is 3.87. The van der Waals surface area contributed by atoms with E-state index >= 15 is 0 Å². The minimum Gasteiger partial charge on any atom is -0.479 e. The largest absolute Gasteiger partial charge is 0.479 e. The number of anilines is 1. The molecule has 0 heterocycles. The summed E-state index contributed by atoms with van der Waals surface area (Å²) in [7, 11) is 0. The van der Waals surface area contributed by atoms with Crippen molar-refractivity contribution in [3.63, 3.8) is 0 Å². The summed E-state index contributed by atoms with van der Waals surface area (Å²) in [5.41, 5.74) is 3.04. The lowest BCUT2D eigenvalue weighted by Gasteiger charge is -2.16. The summed E-state index contributed by atoms with van der Waals surface area (Å²) < 4.78 is 5.59.